The van der Waals surface area contributed by atoms with Crippen LogP contribution >= 0.6 is 0 Å². The third kappa shape index (κ3) is 4.06. The molecule has 2 aromatic carbocycles. The second-order valence-corrected chi connectivity index (χ2v) is 7.28. The number of rotatable bonds is 5. The van der Waals surface area contributed by atoms with Gasteiger partial charge in [-0.15, -0.1) is 0 Å². The molecule has 0 saturated carbocycles. The molecule has 1 fully saturated rings. The van der Waals surface area contributed by atoms with Crippen LogP contribution in [0.4, 0.5) is 0 Å². The molecular weight excluding hydrogens is 294 g/mol. The fourth-order valence-corrected chi connectivity index (χ4v) is 3.78. The molecule has 2 nitrogen and oxygen atoms in total. The molecule has 0 radical (unpaired) electrons. The Labute approximate surface area is 146 Å². The molecule has 0 aromatic heterocycles. The second kappa shape index (κ2) is 7.96. The Kier molecular flexibility index (Phi) is 5.70. The molecular formula is C22H29NO. The van der Waals surface area contributed by atoms with Crippen LogP contribution in [-0.4, -0.2) is 30.6 Å². The van der Waals surface area contributed by atoms with Gasteiger partial charge in [0, 0.05) is 12.6 Å². The standard InChI is InChI=1S/C22H29NO/c1-17(2)21-16-20(14-15-23(21)3)24-22(18-10-6-4-7-11-18)19-12-8-5-9-13-19/h4-13,17,20-22H,14-16H2,1-3H3/t20-,21+/m0/s1. The molecule has 128 valence electrons. The van der Waals surface area contributed by atoms with E-state index in [0.717, 1.165) is 19.4 Å². The van der Waals surface area contributed by atoms with Crippen LogP contribution in [0.5, 0.6) is 0 Å². The summed E-state index contributed by atoms with van der Waals surface area (Å²) < 4.78 is 6.67. The molecule has 0 amide bonds. The van der Waals surface area contributed by atoms with Crippen LogP contribution in [0.15, 0.2) is 60.7 Å². The van der Waals surface area contributed by atoms with E-state index in [0.29, 0.717) is 18.1 Å². The zero-order chi connectivity index (χ0) is 16.9. The lowest BCUT2D eigenvalue weighted by atomic mass is 9.91. The number of piperidine rings is 1. The third-order valence-corrected chi connectivity index (χ3v) is 5.18. The van der Waals surface area contributed by atoms with Gasteiger partial charge in [0.15, 0.2) is 0 Å². The SMILES string of the molecule is CC(C)[C@H]1C[C@@H](OC(c2ccccc2)c2ccccc2)CCN1C. The van der Waals surface area contributed by atoms with Crippen molar-refractivity contribution in [2.45, 2.75) is 44.9 Å². The van der Waals surface area contributed by atoms with E-state index in [9.17, 15) is 0 Å². The van der Waals surface area contributed by atoms with Crippen LogP contribution < -0.4 is 0 Å². The maximum Gasteiger partial charge on any atom is 0.108 e. The van der Waals surface area contributed by atoms with E-state index in [-0.39, 0.29) is 6.10 Å². The molecule has 1 aliphatic rings. The number of benzene rings is 2. The molecule has 1 heterocycles. The zero-order valence-electron chi connectivity index (χ0n) is 15.1. The molecule has 1 aliphatic heterocycles. The minimum absolute atomic E-state index is 0.0219. The molecule has 24 heavy (non-hydrogen) atoms. The Hall–Kier alpha value is -1.64. The van der Waals surface area contributed by atoms with E-state index in [1.807, 2.05) is 0 Å². The molecule has 0 bridgehead atoms. The van der Waals surface area contributed by atoms with Crippen LogP contribution in [0.2, 0.25) is 0 Å². The van der Waals surface area contributed by atoms with E-state index >= 15 is 0 Å². The predicted octanol–water partition coefficient (Wildman–Crippen LogP) is 4.91. The average Bonchev–Trinajstić information content (AvgIpc) is 2.62. The van der Waals surface area contributed by atoms with Gasteiger partial charge in [0.2, 0.25) is 0 Å². The summed E-state index contributed by atoms with van der Waals surface area (Å²) in [6.07, 6.45) is 2.56. The van der Waals surface area contributed by atoms with Crippen molar-refractivity contribution in [3.8, 4) is 0 Å². The van der Waals surface area contributed by atoms with Crippen LogP contribution in [0.1, 0.15) is 43.9 Å². The molecule has 2 heteroatoms. The lowest BCUT2D eigenvalue weighted by molar-refractivity contribution is -0.0466. The summed E-state index contributed by atoms with van der Waals surface area (Å²) >= 11 is 0. The van der Waals surface area contributed by atoms with E-state index < -0.39 is 0 Å². The Bertz CT molecular complexity index is 571. The maximum absolute atomic E-state index is 6.67. The molecule has 2 aromatic rings. The molecule has 0 spiro atoms. The summed E-state index contributed by atoms with van der Waals surface area (Å²) in [5.74, 6) is 0.660. The van der Waals surface area contributed by atoms with Crippen molar-refractivity contribution in [1.29, 1.82) is 0 Å². The topological polar surface area (TPSA) is 12.5 Å². The Balaban J connectivity index is 1.80. The van der Waals surface area contributed by atoms with Gasteiger partial charge in [-0.05, 0) is 36.9 Å². The number of nitrogens with zero attached hydrogens (tertiary/aromatic N) is 1. The lowest BCUT2D eigenvalue weighted by Crippen LogP contribution is -2.45. The largest absolute Gasteiger partial charge is 0.365 e. The smallest absolute Gasteiger partial charge is 0.108 e. The van der Waals surface area contributed by atoms with Crippen molar-refractivity contribution in [3.05, 3.63) is 71.8 Å². The highest BCUT2D eigenvalue weighted by Gasteiger charge is 2.30. The van der Waals surface area contributed by atoms with Gasteiger partial charge in [-0.2, -0.15) is 0 Å². The first-order valence-electron chi connectivity index (χ1n) is 9.10. The van der Waals surface area contributed by atoms with Crippen molar-refractivity contribution in [2.75, 3.05) is 13.6 Å². The quantitative estimate of drug-likeness (QED) is 0.775. The highest BCUT2D eigenvalue weighted by molar-refractivity contribution is 5.30. The summed E-state index contributed by atoms with van der Waals surface area (Å²) in [5, 5.41) is 0. The molecule has 0 unspecified atom stereocenters. The Morgan fingerprint density at radius 2 is 1.46 bits per heavy atom. The molecule has 2 atom stereocenters. The number of hydrogen-bond acceptors (Lipinski definition) is 2. The van der Waals surface area contributed by atoms with Gasteiger partial charge in [0.1, 0.15) is 6.10 Å². The lowest BCUT2D eigenvalue weighted by Gasteiger charge is -2.40. The highest BCUT2D eigenvalue weighted by atomic mass is 16.5. The van der Waals surface area contributed by atoms with Crippen LogP contribution in [-0.2, 0) is 4.74 Å². The van der Waals surface area contributed by atoms with Gasteiger partial charge in [-0.1, -0.05) is 74.5 Å². The summed E-state index contributed by atoms with van der Waals surface area (Å²) in [6.45, 7) is 5.74. The second-order valence-electron chi connectivity index (χ2n) is 7.28. The van der Waals surface area contributed by atoms with Gasteiger partial charge in [0.05, 0.1) is 6.10 Å². The predicted molar refractivity (Wildman–Crippen MR) is 100 cm³/mol. The molecule has 3 rings (SSSR count). The fraction of sp³-hybridized carbons (Fsp3) is 0.455. The van der Waals surface area contributed by atoms with E-state index in [1.165, 1.54) is 11.1 Å². The van der Waals surface area contributed by atoms with E-state index in [1.54, 1.807) is 0 Å². The Morgan fingerprint density at radius 3 is 1.96 bits per heavy atom. The van der Waals surface area contributed by atoms with Crippen LogP contribution in [0, 0.1) is 5.92 Å². The number of ether oxygens (including phenoxy) is 1. The van der Waals surface area contributed by atoms with Crippen LogP contribution in [0.25, 0.3) is 0 Å². The summed E-state index contributed by atoms with van der Waals surface area (Å²) in [4.78, 5) is 2.49. The summed E-state index contributed by atoms with van der Waals surface area (Å²) in [6, 6.07) is 21.8. The summed E-state index contributed by atoms with van der Waals surface area (Å²) in [5.41, 5.74) is 2.48. The molecule has 1 saturated heterocycles. The maximum atomic E-state index is 6.67. The van der Waals surface area contributed by atoms with E-state index in [2.05, 4.69) is 86.5 Å². The Morgan fingerprint density at radius 1 is 0.917 bits per heavy atom. The average molecular weight is 323 g/mol. The molecule has 0 N–H and O–H groups in total. The first kappa shape index (κ1) is 17.2. The zero-order valence-corrected chi connectivity index (χ0v) is 15.1. The van der Waals surface area contributed by atoms with Gasteiger partial charge in [0.25, 0.3) is 0 Å². The van der Waals surface area contributed by atoms with Gasteiger partial charge in [-0.3, -0.25) is 0 Å². The monoisotopic (exact) mass is 323 g/mol. The van der Waals surface area contributed by atoms with Crippen molar-refractivity contribution >= 4 is 0 Å². The third-order valence-electron chi connectivity index (χ3n) is 5.18. The number of hydrogen-bond donors (Lipinski definition) is 0. The summed E-state index contributed by atoms with van der Waals surface area (Å²) in [7, 11) is 2.24. The first-order valence-corrected chi connectivity index (χ1v) is 9.10. The fourth-order valence-electron chi connectivity index (χ4n) is 3.78. The van der Waals surface area contributed by atoms with Crippen LogP contribution in [0.3, 0.4) is 0 Å². The van der Waals surface area contributed by atoms with Crippen molar-refractivity contribution in [3.63, 3.8) is 0 Å². The van der Waals surface area contributed by atoms with Crippen molar-refractivity contribution < 1.29 is 4.74 Å². The minimum atomic E-state index is 0.0219. The molecule has 0 aliphatic carbocycles. The van der Waals surface area contributed by atoms with Crippen molar-refractivity contribution in [1.82, 2.24) is 4.90 Å². The highest BCUT2D eigenvalue weighted by Crippen LogP contribution is 2.32. The number of likely N-dealkylation sites (tertiary alicyclic amines) is 1. The van der Waals surface area contributed by atoms with Crippen molar-refractivity contribution in [2.24, 2.45) is 5.92 Å². The minimum Gasteiger partial charge on any atom is -0.365 e. The first-order chi connectivity index (χ1) is 11.6. The van der Waals surface area contributed by atoms with Gasteiger partial charge >= 0.3 is 0 Å². The normalized spacial score (nSPS) is 22.2. The van der Waals surface area contributed by atoms with Gasteiger partial charge in [-0.25, -0.2) is 0 Å². The van der Waals surface area contributed by atoms with E-state index in [4.69, 9.17) is 4.74 Å². The van der Waals surface area contributed by atoms with Gasteiger partial charge < -0.3 is 9.64 Å².